The van der Waals surface area contributed by atoms with Crippen molar-refractivity contribution in [3.05, 3.63) is 61.1 Å². The summed E-state index contributed by atoms with van der Waals surface area (Å²) in [4.78, 5) is 17.5. The van der Waals surface area contributed by atoms with E-state index < -0.39 is 5.82 Å². The minimum atomic E-state index is -0.573. The molecule has 1 aromatic carbocycles. The van der Waals surface area contributed by atoms with E-state index in [1.165, 1.54) is 17.2 Å². The summed E-state index contributed by atoms with van der Waals surface area (Å²) in [5.74, 6) is -0.573. The average Bonchev–Trinajstić information content (AvgIpc) is 2.78. The molecule has 3 N–H and O–H groups in total. The number of nitrogens with zero attached hydrogens (tertiary/aromatic N) is 2. The molecule has 2 unspecified atom stereocenters. The number of halogens is 3. The molecule has 3 heterocycles. The maximum absolute atomic E-state index is 12.5. The van der Waals surface area contributed by atoms with Crippen LogP contribution in [0.15, 0.2) is 27.6 Å². The van der Waals surface area contributed by atoms with Crippen LogP contribution in [0.5, 0.6) is 0 Å². The summed E-state index contributed by atoms with van der Waals surface area (Å²) >= 11 is 8.58. The second kappa shape index (κ2) is 8.54. The van der Waals surface area contributed by atoms with Crippen LogP contribution in [0.2, 0.25) is 5.02 Å². The normalized spacial score (nSPS) is 21.0. The molecule has 6 nitrogen and oxygen atoms in total. The Morgan fingerprint density at radius 2 is 2.16 bits per heavy atom. The SMILES string of the molecule is O=c1ncc2c([nH]1)CC1CCC2N1O.[NH-]c1cc(Cl)c(Br)cc1F.[Y]. The van der Waals surface area contributed by atoms with Gasteiger partial charge >= 0.3 is 5.69 Å². The van der Waals surface area contributed by atoms with Crippen molar-refractivity contribution < 1.29 is 42.3 Å². The van der Waals surface area contributed by atoms with E-state index in [-0.39, 0.29) is 56.2 Å². The Bertz CT molecular complexity index is 787. The molecule has 1 aromatic heterocycles. The second-order valence-corrected chi connectivity index (χ2v) is 6.96. The van der Waals surface area contributed by atoms with Gasteiger partial charge in [0.2, 0.25) is 0 Å². The zero-order chi connectivity index (χ0) is 17.4. The summed E-state index contributed by atoms with van der Waals surface area (Å²) in [5.41, 5.74) is 8.41. The number of hydrogen-bond donors (Lipinski definition) is 2. The minimum Gasteiger partial charge on any atom is -0.696 e. The van der Waals surface area contributed by atoms with Crippen molar-refractivity contribution in [1.82, 2.24) is 15.0 Å². The number of hydroxylamine groups is 2. The van der Waals surface area contributed by atoms with Gasteiger partial charge in [0.15, 0.2) is 0 Å². The number of fused-ring (bicyclic) bond motifs is 4. The molecule has 0 spiro atoms. The fraction of sp³-hybridized carbons (Fsp3) is 0.333. The van der Waals surface area contributed by atoms with Crippen LogP contribution in [0.25, 0.3) is 5.73 Å². The number of nitrogens with one attached hydrogen (secondary N) is 2. The molecule has 25 heavy (non-hydrogen) atoms. The van der Waals surface area contributed by atoms with Crippen molar-refractivity contribution in [2.45, 2.75) is 31.3 Å². The smallest absolute Gasteiger partial charge is 0.345 e. The van der Waals surface area contributed by atoms with Crippen LogP contribution < -0.4 is 5.69 Å². The van der Waals surface area contributed by atoms with Gasteiger partial charge in [-0.25, -0.2) is 14.2 Å². The molecular formula is C15H14BrClFN4O2Y-. The number of aromatic amines is 1. The van der Waals surface area contributed by atoms with Gasteiger partial charge in [-0.15, -0.1) is 5.69 Å². The van der Waals surface area contributed by atoms with Crippen LogP contribution >= 0.6 is 27.5 Å². The third-order valence-corrected chi connectivity index (χ3v) is 5.40. The molecule has 0 saturated carbocycles. The van der Waals surface area contributed by atoms with Crippen LogP contribution in [0.4, 0.5) is 10.1 Å². The molecule has 1 fully saturated rings. The Morgan fingerprint density at radius 1 is 1.44 bits per heavy atom. The molecule has 10 heteroatoms. The van der Waals surface area contributed by atoms with Gasteiger partial charge < -0.3 is 15.9 Å². The first-order chi connectivity index (χ1) is 11.4. The van der Waals surface area contributed by atoms with E-state index in [9.17, 15) is 14.4 Å². The Labute approximate surface area is 181 Å². The molecule has 131 valence electrons. The van der Waals surface area contributed by atoms with Crippen LogP contribution in [0.3, 0.4) is 0 Å². The molecule has 1 radical (unpaired) electrons. The topological polar surface area (TPSA) is 93.0 Å². The van der Waals surface area contributed by atoms with Gasteiger partial charge in [0.05, 0.1) is 11.1 Å². The van der Waals surface area contributed by atoms with E-state index in [1.54, 1.807) is 6.20 Å². The fourth-order valence-electron chi connectivity index (χ4n) is 3.02. The van der Waals surface area contributed by atoms with Gasteiger partial charge in [0.1, 0.15) is 5.82 Å². The molecule has 2 aromatic rings. The van der Waals surface area contributed by atoms with Crippen LogP contribution in [-0.4, -0.2) is 26.3 Å². The number of rotatable bonds is 0. The molecule has 0 amide bonds. The monoisotopic (exact) mass is 504 g/mol. The molecular weight excluding hydrogens is 491 g/mol. The third kappa shape index (κ3) is 4.49. The second-order valence-electron chi connectivity index (χ2n) is 5.70. The number of aromatic nitrogens is 2. The molecule has 2 bridgehead atoms. The Hall–Kier alpha value is -0.376. The summed E-state index contributed by atoms with van der Waals surface area (Å²) in [6.45, 7) is 0. The summed E-state index contributed by atoms with van der Waals surface area (Å²) < 4.78 is 13.0. The Balaban J connectivity index is 0.000000184. The minimum absolute atomic E-state index is 0. The van der Waals surface area contributed by atoms with Gasteiger partial charge in [0, 0.05) is 67.1 Å². The predicted molar refractivity (Wildman–Crippen MR) is 91.0 cm³/mol. The van der Waals surface area contributed by atoms with Crippen LogP contribution in [0, 0.1) is 5.82 Å². The molecule has 1 saturated heterocycles. The van der Waals surface area contributed by atoms with Gasteiger partial charge in [-0.05, 0) is 34.8 Å². The quantitative estimate of drug-likeness (QED) is 0.527. The van der Waals surface area contributed by atoms with Crippen LogP contribution in [0.1, 0.15) is 30.1 Å². The van der Waals surface area contributed by atoms with E-state index in [2.05, 4.69) is 25.9 Å². The Kier molecular flexibility index (Phi) is 7.15. The molecule has 2 aliphatic heterocycles. The van der Waals surface area contributed by atoms with Crippen molar-refractivity contribution in [3.63, 3.8) is 0 Å². The largest absolute Gasteiger partial charge is 0.696 e. The standard InChI is InChI=1S/C9H11N3O2.C6H3BrClFN.Y/c13-9-10-4-6-7(11-9)3-5-1-2-8(6)12(5)14;7-3-1-5(9)6(10)2-4(3)8;/h4-5,8,14H,1-3H2,(H,10,11,13);1-2,10H;/q;-1;. The maximum atomic E-state index is 12.5. The van der Waals surface area contributed by atoms with E-state index in [0.717, 1.165) is 30.5 Å². The van der Waals surface area contributed by atoms with Gasteiger partial charge in [-0.1, -0.05) is 17.7 Å². The van der Waals surface area contributed by atoms with Crippen molar-refractivity contribution in [2.75, 3.05) is 0 Å². The molecule has 2 aliphatic rings. The summed E-state index contributed by atoms with van der Waals surface area (Å²) in [7, 11) is 0. The van der Waals surface area contributed by atoms with Crippen molar-refractivity contribution in [2.24, 2.45) is 0 Å². The first-order valence-electron chi connectivity index (χ1n) is 7.28. The number of H-pyrrole nitrogens is 1. The Morgan fingerprint density at radius 3 is 2.84 bits per heavy atom. The summed E-state index contributed by atoms with van der Waals surface area (Å²) in [6, 6.07) is 2.63. The summed E-state index contributed by atoms with van der Waals surface area (Å²) in [6.07, 6.45) is 4.24. The zero-order valence-electron chi connectivity index (χ0n) is 13.0. The third-order valence-electron chi connectivity index (χ3n) is 4.20. The van der Waals surface area contributed by atoms with E-state index in [0.29, 0.717) is 9.50 Å². The first kappa shape index (κ1) is 20.9. The maximum Gasteiger partial charge on any atom is 0.345 e. The molecule has 4 rings (SSSR count). The zero-order valence-corrected chi connectivity index (χ0v) is 18.1. The number of benzene rings is 1. The van der Waals surface area contributed by atoms with E-state index >= 15 is 0 Å². The van der Waals surface area contributed by atoms with Gasteiger partial charge in [-0.3, -0.25) is 0 Å². The summed E-state index contributed by atoms with van der Waals surface area (Å²) in [5, 5.41) is 11.5. The van der Waals surface area contributed by atoms with Crippen molar-refractivity contribution in [3.8, 4) is 0 Å². The molecule has 2 atom stereocenters. The van der Waals surface area contributed by atoms with Crippen molar-refractivity contribution in [1.29, 1.82) is 0 Å². The fourth-order valence-corrected chi connectivity index (χ4v) is 3.50. The van der Waals surface area contributed by atoms with Crippen molar-refractivity contribution >= 4 is 33.2 Å². The number of hydrogen-bond acceptors (Lipinski definition) is 4. The van der Waals surface area contributed by atoms with E-state index in [4.69, 9.17) is 17.3 Å². The molecule has 0 aliphatic carbocycles. The first-order valence-corrected chi connectivity index (χ1v) is 8.45. The van der Waals surface area contributed by atoms with Gasteiger partial charge in [0.25, 0.3) is 0 Å². The average molecular weight is 506 g/mol. The van der Waals surface area contributed by atoms with E-state index in [1.807, 2.05) is 0 Å². The predicted octanol–water partition coefficient (Wildman–Crippen LogP) is 4.14. The van der Waals surface area contributed by atoms with Gasteiger partial charge in [-0.2, -0.15) is 5.06 Å². The van der Waals surface area contributed by atoms with Crippen LogP contribution in [-0.2, 0) is 39.1 Å².